The normalized spacial score (nSPS) is 19.8. The summed E-state index contributed by atoms with van der Waals surface area (Å²) in [5.74, 6) is -1.14. The van der Waals surface area contributed by atoms with Crippen LogP contribution in [-0.2, 0) is 21.2 Å². The van der Waals surface area contributed by atoms with Crippen molar-refractivity contribution < 1.29 is 22.7 Å². The fourth-order valence-electron chi connectivity index (χ4n) is 3.30. The van der Waals surface area contributed by atoms with E-state index in [1.807, 2.05) is 0 Å². The number of aliphatic hydroxyl groups is 1. The van der Waals surface area contributed by atoms with Crippen molar-refractivity contribution >= 4 is 33.1 Å². The average Bonchev–Trinajstić information content (AvgIpc) is 3.10. The number of carbonyl (C=O) groups excluding carboxylic acids is 1. The smallest absolute Gasteiger partial charge is 0.242 e. The van der Waals surface area contributed by atoms with Crippen LogP contribution in [0.25, 0.3) is 4.85 Å². The standard InChI is InChI=1S/C20H18ClFN2O4S/c1-23-18-11-16(7-8-17(18)22)29(27,28)24-12-15(25)10-19(24)20(26)9-4-13-2-5-14(21)6-3-13/h2-3,5-8,11,15,19,25H,4,9-10,12H2/t15-,19+/m1/s1. The Labute approximate surface area is 173 Å². The maximum absolute atomic E-state index is 13.6. The molecule has 0 aliphatic carbocycles. The maximum Gasteiger partial charge on any atom is 0.242 e. The molecule has 1 N–H and O–H groups in total. The van der Waals surface area contributed by atoms with Crippen molar-refractivity contribution in [2.45, 2.75) is 36.3 Å². The minimum atomic E-state index is -4.18. The second-order valence-electron chi connectivity index (χ2n) is 6.80. The Morgan fingerprint density at radius 3 is 2.62 bits per heavy atom. The number of aryl methyl sites for hydroxylation is 1. The van der Waals surface area contributed by atoms with Gasteiger partial charge in [0.1, 0.15) is 5.82 Å². The number of β-amino-alcohol motifs (C(OH)–C–C–N with tert-alkyl or cyclic N) is 1. The predicted octanol–water partition coefficient (Wildman–Crippen LogP) is 3.36. The number of ketones is 1. The Hall–Kier alpha value is -2.31. The van der Waals surface area contributed by atoms with Crippen LogP contribution in [0.15, 0.2) is 47.4 Å². The molecular weight excluding hydrogens is 419 g/mol. The topological polar surface area (TPSA) is 79.0 Å². The third-order valence-corrected chi connectivity index (χ3v) is 6.95. The molecule has 0 radical (unpaired) electrons. The first-order valence-corrected chi connectivity index (χ1v) is 10.7. The molecule has 29 heavy (non-hydrogen) atoms. The number of Topliss-reactive ketones (excluding diaryl/α,β-unsaturated/α-hetero) is 1. The summed E-state index contributed by atoms with van der Waals surface area (Å²) in [7, 11) is -4.18. The van der Waals surface area contributed by atoms with Crippen LogP contribution >= 0.6 is 11.6 Å². The first-order valence-electron chi connectivity index (χ1n) is 8.86. The molecule has 0 aromatic heterocycles. The number of benzene rings is 2. The van der Waals surface area contributed by atoms with Crippen LogP contribution in [0.2, 0.25) is 5.02 Å². The van der Waals surface area contributed by atoms with E-state index in [0.29, 0.717) is 11.4 Å². The highest BCUT2D eigenvalue weighted by atomic mass is 35.5. The number of carbonyl (C=O) groups is 1. The van der Waals surface area contributed by atoms with Crippen LogP contribution in [0.3, 0.4) is 0 Å². The molecule has 1 heterocycles. The van der Waals surface area contributed by atoms with Crippen molar-refractivity contribution in [1.82, 2.24) is 4.31 Å². The van der Waals surface area contributed by atoms with Gasteiger partial charge in [0.15, 0.2) is 5.78 Å². The van der Waals surface area contributed by atoms with Crippen LogP contribution in [0.4, 0.5) is 10.1 Å². The molecule has 0 saturated carbocycles. The summed E-state index contributed by atoms with van der Waals surface area (Å²) in [6.07, 6.45) is -0.471. The van der Waals surface area contributed by atoms with E-state index in [2.05, 4.69) is 4.85 Å². The molecule has 9 heteroatoms. The minimum Gasteiger partial charge on any atom is -0.392 e. The number of hydrogen-bond acceptors (Lipinski definition) is 4. The lowest BCUT2D eigenvalue weighted by Crippen LogP contribution is -2.40. The van der Waals surface area contributed by atoms with Gasteiger partial charge >= 0.3 is 0 Å². The number of aliphatic hydroxyl groups excluding tert-OH is 1. The van der Waals surface area contributed by atoms with Gasteiger partial charge < -0.3 is 5.11 Å². The quantitative estimate of drug-likeness (QED) is 0.704. The van der Waals surface area contributed by atoms with Crippen molar-refractivity contribution in [1.29, 1.82) is 0 Å². The molecule has 0 amide bonds. The van der Waals surface area contributed by atoms with E-state index in [4.69, 9.17) is 18.2 Å². The lowest BCUT2D eigenvalue weighted by molar-refractivity contribution is -0.122. The first-order chi connectivity index (χ1) is 13.7. The second-order valence-corrected chi connectivity index (χ2v) is 9.12. The highest BCUT2D eigenvalue weighted by molar-refractivity contribution is 7.89. The summed E-state index contributed by atoms with van der Waals surface area (Å²) in [4.78, 5) is 15.4. The average molecular weight is 437 g/mol. The van der Waals surface area contributed by atoms with E-state index >= 15 is 0 Å². The van der Waals surface area contributed by atoms with Crippen molar-refractivity contribution in [3.8, 4) is 0 Å². The van der Waals surface area contributed by atoms with E-state index in [1.165, 1.54) is 0 Å². The monoisotopic (exact) mass is 436 g/mol. The van der Waals surface area contributed by atoms with Crippen molar-refractivity contribution in [2.75, 3.05) is 6.54 Å². The van der Waals surface area contributed by atoms with Crippen molar-refractivity contribution in [3.63, 3.8) is 0 Å². The van der Waals surface area contributed by atoms with Gasteiger partial charge in [-0.15, -0.1) is 0 Å². The van der Waals surface area contributed by atoms with E-state index in [9.17, 15) is 22.7 Å². The number of hydrogen-bond donors (Lipinski definition) is 1. The van der Waals surface area contributed by atoms with Crippen LogP contribution in [-0.4, -0.2) is 42.3 Å². The molecule has 2 aromatic carbocycles. The summed E-state index contributed by atoms with van der Waals surface area (Å²) in [6, 6.07) is 8.89. The van der Waals surface area contributed by atoms with Gasteiger partial charge in [0.25, 0.3) is 0 Å². The Bertz CT molecular complexity index is 1070. The Kier molecular flexibility index (Phi) is 6.34. The zero-order chi connectivity index (χ0) is 21.2. The highest BCUT2D eigenvalue weighted by Gasteiger charge is 2.43. The second kappa shape index (κ2) is 8.59. The zero-order valence-electron chi connectivity index (χ0n) is 15.3. The van der Waals surface area contributed by atoms with Crippen LogP contribution in [0.1, 0.15) is 18.4 Å². The summed E-state index contributed by atoms with van der Waals surface area (Å²) in [5, 5.41) is 10.6. The van der Waals surface area contributed by atoms with Gasteiger partial charge in [-0.05, 0) is 48.7 Å². The van der Waals surface area contributed by atoms with Gasteiger partial charge in [0.2, 0.25) is 15.7 Å². The largest absolute Gasteiger partial charge is 0.392 e. The van der Waals surface area contributed by atoms with Gasteiger partial charge in [0, 0.05) is 18.0 Å². The molecule has 152 valence electrons. The Balaban J connectivity index is 1.81. The van der Waals surface area contributed by atoms with E-state index < -0.39 is 33.7 Å². The molecule has 1 aliphatic rings. The van der Waals surface area contributed by atoms with Crippen molar-refractivity contribution in [2.24, 2.45) is 0 Å². The maximum atomic E-state index is 13.6. The Morgan fingerprint density at radius 1 is 1.28 bits per heavy atom. The minimum absolute atomic E-state index is 0.00441. The highest BCUT2D eigenvalue weighted by Crippen LogP contribution is 2.30. The first kappa shape index (κ1) is 21.4. The fourth-order valence-corrected chi connectivity index (χ4v) is 5.11. The molecule has 0 bridgehead atoms. The summed E-state index contributed by atoms with van der Waals surface area (Å²) >= 11 is 5.84. The lowest BCUT2D eigenvalue weighted by atomic mass is 10.0. The van der Waals surface area contributed by atoms with E-state index in [0.717, 1.165) is 28.1 Å². The van der Waals surface area contributed by atoms with Gasteiger partial charge in [-0.2, -0.15) is 4.31 Å². The number of nitrogens with zero attached hydrogens (tertiary/aromatic N) is 2. The van der Waals surface area contributed by atoms with Gasteiger partial charge in [-0.3, -0.25) is 4.79 Å². The number of halogens is 2. The molecule has 1 fully saturated rings. The van der Waals surface area contributed by atoms with Crippen LogP contribution in [0.5, 0.6) is 0 Å². The number of rotatable bonds is 6. The van der Waals surface area contributed by atoms with Gasteiger partial charge in [-0.25, -0.2) is 17.7 Å². The van der Waals surface area contributed by atoms with Crippen molar-refractivity contribution in [3.05, 3.63) is 70.3 Å². The predicted molar refractivity (Wildman–Crippen MR) is 106 cm³/mol. The third kappa shape index (κ3) is 4.65. The SMILES string of the molecule is [C-]#[N+]c1cc(S(=O)(=O)N2C[C@H](O)C[C@H]2C(=O)CCc2ccc(Cl)cc2)ccc1F. The molecule has 1 aliphatic heterocycles. The molecule has 0 unspecified atom stereocenters. The fraction of sp³-hybridized carbons (Fsp3) is 0.300. The summed E-state index contributed by atoms with van der Waals surface area (Å²) < 4.78 is 40.5. The van der Waals surface area contributed by atoms with E-state index in [1.54, 1.807) is 24.3 Å². The molecular formula is C20H18ClFN2O4S. The molecule has 1 saturated heterocycles. The third-order valence-electron chi connectivity index (χ3n) is 4.82. The number of sulfonamides is 1. The lowest BCUT2D eigenvalue weighted by Gasteiger charge is -2.23. The van der Waals surface area contributed by atoms with Gasteiger partial charge in [-0.1, -0.05) is 23.7 Å². The molecule has 0 spiro atoms. The van der Waals surface area contributed by atoms with E-state index in [-0.39, 0.29) is 30.1 Å². The zero-order valence-corrected chi connectivity index (χ0v) is 16.8. The summed E-state index contributed by atoms with van der Waals surface area (Å²) in [5.41, 5.74) is 0.465. The molecule has 2 atom stereocenters. The van der Waals surface area contributed by atoms with Gasteiger partial charge in [0.05, 0.1) is 23.6 Å². The van der Waals surface area contributed by atoms with Crippen LogP contribution < -0.4 is 0 Å². The van der Waals surface area contributed by atoms with Crippen LogP contribution in [0, 0.1) is 12.4 Å². The Morgan fingerprint density at radius 2 is 1.97 bits per heavy atom. The summed E-state index contributed by atoms with van der Waals surface area (Å²) in [6.45, 7) is 6.73. The molecule has 3 rings (SSSR count). The molecule has 2 aromatic rings. The molecule has 6 nitrogen and oxygen atoms in total.